The normalized spacial score (nSPS) is 22.2. The quantitative estimate of drug-likeness (QED) is 0.651. The van der Waals surface area contributed by atoms with E-state index in [1.54, 1.807) is 11.3 Å². The van der Waals surface area contributed by atoms with Crippen LogP contribution in [0.2, 0.25) is 0 Å². The van der Waals surface area contributed by atoms with E-state index in [1.807, 2.05) is 7.05 Å². The summed E-state index contributed by atoms with van der Waals surface area (Å²) in [7, 11) is 1.83. The third-order valence-electron chi connectivity index (χ3n) is 4.23. The first-order chi connectivity index (χ1) is 10.8. The standard InChI is InChI=1S/C18H23N3S/c1-13(17-9-6-10-22-17)21-18(19-2)20-12-15-11-16(15)14-7-4-3-5-8-14/h3-10,13,15-16H,11-12H2,1-2H3,(H2,19,20,21). The van der Waals surface area contributed by atoms with Crippen LogP contribution in [0.4, 0.5) is 0 Å². The van der Waals surface area contributed by atoms with Gasteiger partial charge in [-0.1, -0.05) is 36.4 Å². The van der Waals surface area contributed by atoms with Gasteiger partial charge in [-0.25, -0.2) is 0 Å². The highest BCUT2D eigenvalue weighted by Gasteiger charge is 2.37. The van der Waals surface area contributed by atoms with Crippen molar-refractivity contribution in [3.05, 3.63) is 58.3 Å². The minimum absolute atomic E-state index is 0.287. The molecule has 1 saturated carbocycles. The number of hydrogen-bond donors (Lipinski definition) is 2. The second-order valence-electron chi connectivity index (χ2n) is 5.85. The van der Waals surface area contributed by atoms with Crippen LogP contribution in [0.25, 0.3) is 0 Å². The molecule has 116 valence electrons. The first kappa shape index (κ1) is 15.1. The van der Waals surface area contributed by atoms with Gasteiger partial charge in [0.2, 0.25) is 0 Å². The molecule has 0 bridgehead atoms. The van der Waals surface area contributed by atoms with E-state index in [0.717, 1.165) is 18.4 Å². The molecular formula is C18H23N3S. The number of rotatable bonds is 5. The van der Waals surface area contributed by atoms with Crippen molar-refractivity contribution in [2.45, 2.75) is 25.3 Å². The Morgan fingerprint density at radius 1 is 1.27 bits per heavy atom. The molecular weight excluding hydrogens is 290 g/mol. The van der Waals surface area contributed by atoms with Crippen LogP contribution in [0.3, 0.4) is 0 Å². The highest BCUT2D eigenvalue weighted by atomic mass is 32.1. The van der Waals surface area contributed by atoms with E-state index >= 15 is 0 Å². The van der Waals surface area contributed by atoms with E-state index in [-0.39, 0.29) is 6.04 Å². The fourth-order valence-electron chi connectivity index (χ4n) is 2.82. The third kappa shape index (κ3) is 3.69. The molecule has 3 nitrogen and oxygen atoms in total. The topological polar surface area (TPSA) is 36.4 Å². The van der Waals surface area contributed by atoms with Crippen molar-refractivity contribution in [1.29, 1.82) is 0 Å². The number of aliphatic imine (C=N–C) groups is 1. The van der Waals surface area contributed by atoms with Gasteiger partial charge in [-0.05, 0) is 42.2 Å². The Bertz CT molecular complexity index is 607. The van der Waals surface area contributed by atoms with Crippen molar-refractivity contribution >= 4 is 17.3 Å². The number of nitrogens with one attached hydrogen (secondary N) is 2. The van der Waals surface area contributed by atoms with Gasteiger partial charge in [-0.3, -0.25) is 4.99 Å². The molecule has 0 amide bonds. The zero-order valence-electron chi connectivity index (χ0n) is 13.1. The largest absolute Gasteiger partial charge is 0.356 e. The Kier molecular flexibility index (Phi) is 4.78. The highest BCUT2D eigenvalue weighted by molar-refractivity contribution is 7.10. The van der Waals surface area contributed by atoms with Crippen LogP contribution >= 0.6 is 11.3 Å². The summed E-state index contributed by atoms with van der Waals surface area (Å²) in [4.78, 5) is 5.66. The molecule has 1 aromatic heterocycles. The summed E-state index contributed by atoms with van der Waals surface area (Å²) in [6.45, 7) is 3.15. The molecule has 1 aliphatic carbocycles. The van der Waals surface area contributed by atoms with Gasteiger partial charge in [0.05, 0.1) is 6.04 Å². The summed E-state index contributed by atoms with van der Waals surface area (Å²) in [6, 6.07) is 15.3. The fourth-order valence-corrected chi connectivity index (χ4v) is 3.55. The molecule has 0 aliphatic heterocycles. The Morgan fingerprint density at radius 2 is 2.09 bits per heavy atom. The van der Waals surface area contributed by atoms with Gasteiger partial charge in [-0.15, -0.1) is 11.3 Å². The van der Waals surface area contributed by atoms with Crippen molar-refractivity contribution in [1.82, 2.24) is 10.6 Å². The second-order valence-corrected chi connectivity index (χ2v) is 6.83. The first-order valence-corrected chi connectivity index (χ1v) is 8.71. The predicted molar refractivity (Wildman–Crippen MR) is 94.5 cm³/mol. The van der Waals surface area contributed by atoms with Crippen molar-refractivity contribution in [2.24, 2.45) is 10.9 Å². The SMILES string of the molecule is CN=C(NCC1CC1c1ccccc1)NC(C)c1cccs1. The third-order valence-corrected chi connectivity index (χ3v) is 5.28. The van der Waals surface area contributed by atoms with Gasteiger partial charge in [0.1, 0.15) is 0 Å². The van der Waals surface area contributed by atoms with E-state index < -0.39 is 0 Å². The Morgan fingerprint density at radius 3 is 2.77 bits per heavy atom. The van der Waals surface area contributed by atoms with E-state index in [9.17, 15) is 0 Å². The molecule has 22 heavy (non-hydrogen) atoms. The van der Waals surface area contributed by atoms with Gasteiger partial charge in [0.25, 0.3) is 0 Å². The summed E-state index contributed by atoms with van der Waals surface area (Å²) in [5.41, 5.74) is 1.46. The van der Waals surface area contributed by atoms with E-state index in [4.69, 9.17) is 0 Å². The molecule has 1 heterocycles. The molecule has 1 aliphatic rings. The average Bonchev–Trinajstić information content (AvgIpc) is 3.12. The zero-order chi connectivity index (χ0) is 15.4. The maximum absolute atomic E-state index is 4.33. The zero-order valence-corrected chi connectivity index (χ0v) is 13.9. The summed E-state index contributed by atoms with van der Waals surface area (Å²) < 4.78 is 0. The molecule has 2 N–H and O–H groups in total. The molecule has 3 unspecified atom stereocenters. The predicted octanol–water partition coefficient (Wildman–Crippen LogP) is 3.78. The van der Waals surface area contributed by atoms with Gasteiger partial charge in [-0.2, -0.15) is 0 Å². The first-order valence-electron chi connectivity index (χ1n) is 7.83. The van der Waals surface area contributed by atoms with Gasteiger partial charge < -0.3 is 10.6 Å². The number of benzene rings is 1. The van der Waals surface area contributed by atoms with Crippen LogP contribution in [0.15, 0.2) is 52.8 Å². The monoisotopic (exact) mass is 313 g/mol. The molecule has 1 aromatic carbocycles. The van der Waals surface area contributed by atoms with Gasteiger partial charge >= 0.3 is 0 Å². The number of hydrogen-bond acceptors (Lipinski definition) is 2. The maximum Gasteiger partial charge on any atom is 0.191 e. The van der Waals surface area contributed by atoms with Crippen LogP contribution in [0, 0.1) is 5.92 Å². The second kappa shape index (κ2) is 6.97. The maximum atomic E-state index is 4.33. The van der Waals surface area contributed by atoms with E-state index in [1.165, 1.54) is 16.9 Å². The van der Waals surface area contributed by atoms with Crippen LogP contribution in [0.5, 0.6) is 0 Å². The summed E-state index contributed by atoms with van der Waals surface area (Å²) in [6.07, 6.45) is 1.27. The lowest BCUT2D eigenvalue weighted by Gasteiger charge is -2.17. The summed E-state index contributed by atoms with van der Waals surface area (Å²) in [5, 5.41) is 9.03. The Balaban J connectivity index is 1.47. The fraction of sp³-hybridized carbons (Fsp3) is 0.389. The van der Waals surface area contributed by atoms with Crippen LogP contribution in [0.1, 0.15) is 35.7 Å². The van der Waals surface area contributed by atoms with Crippen LogP contribution in [-0.4, -0.2) is 19.6 Å². The van der Waals surface area contributed by atoms with Crippen LogP contribution < -0.4 is 10.6 Å². The molecule has 0 spiro atoms. The number of nitrogens with zero attached hydrogens (tertiary/aromatic N) is 1. The minimum atomic E-state index is 0.287. The lowest BCUT2D eigenvalue weighted by atomic mass is 10.1. The molecule has 3 rings (SSSR count). The smallest absolute Gasteiger partial charge is 0.191 e. The Hall–Kier alpha value is -1.81. The molecule has 3 atom stereocenters. The minimum Gasteiger partial charge on any atom is -0.356 e. The van der Waals surface area contributed by atoms with E-state index in [2.05, 4.69) is 70.4 Å². The molecule has 4 heteroatoms. The lowest BCUT2D eigenvalue weighted by Crippen LogP contribution is -2.39. The van der Waals surface area contributed by atoms with Crippen molar-refractivity contribution in [2.75, 3.05) is 13.6 Å². The molecule has 2 aromatic rings. The van der Waals surface area contributed by atoms with Crippen molar-refractivity contribution in [3.8, 4) is 0 Å². The van der Waals surface area contributed by atoms with Crippen molar-refractivity contribution < 1.29 is 0 Å². The van der Waals surface area contributed by atoms with Gasteiger partial charge in [0, 0.05) is 18.5 Å². The number of guanidine groups is 1. The average molecular weight is 313 g/mol. The number of thiophene rings is 1. The molecule has 1 fully saturated rings. The highest BCUT2D eigenvalue weighted by Crippen LogP contribution is 2.46. The molecule has 0 radical (unpaired) electrons. The van der Waals surface area contributed by atoms with Crippen LogP contribution in [-0.2, 0) is 0 Å². The lowest BCUT2D eigenvalue weighted by molar-refractivity contribution is 0.673. The van der Waals surface area contributed by atoms with E-state index in [0.29, 0.717) is 5.92 Å². The van der Waals surface area contributed by atoms with Gasteiger partial charge in [0.15, 0.2) is 5.96 Å². The van der Waals surface area contributed by atoms with Crippen molar-refractivity contribution in [3.63, 3.8) is 0 Å². The summed E-state index contributed by atoms with van der Waals surface area (Å²) in [5.74, 6) is 2.32. The summed E-state index contributed by atoms with van der Waals surface area (Å²) >= 11 is 1.77. The Labute approximate surface area is 136 Å². The molecule has 0 saturated heterocycles.